The molecule has 1 aliphatic rings. The summed E-state index contributed by atoms with van der Waals surface area (Å²) in [4.78, 5) is 4.43. The minimum absolute atomic E-state index is 0.886. The number of rotatable bonds is 3. The van der Waals surface area contributed by atoms with Crippen molar-refractivity contribution in [3.05, 3.63) is 35.4 Å². The third kappa shape index (κ3) is 1.77. The average Bonchev–Trinajstić information content (AvgIpc) is 2.72. The van der Waals surface area contributed by atoms with E-state index in [1.807, 2.05) is 7.05 Å². The van der Waals surface area contributed by atoms with E-state index in [2.05, 4.69) is 39.9 Å². The molecule has 0 saturated heterocycles. The Morgan fingerprint density at radius 1 is 1.43 bits per heavy atom. The molecule has 0 radical (unpaired) electrons. The fraction of sp³-hybridized carbons (Fsp3) is 0.364. The Morgan fingerprint density at radius 3 is 3.00 bits per heavy atom. The van der Waals surface area contributed by atoms with Gasteiger partial charge in [-0.25, -0.2) is 0 Å². The SMILES string of the molecule is CNCc1ccccc1C1=NCCN1. The van der Waals surface area contributed by atoms with E-state index in [-0.39, 0.29) is 0 Å². The maximum Gasteiger partial charge on any atom is 0.128 e. The molecule has 0 atom stereocenters. The molecule has 3 nitrogen and oxygen atoms in total. The van der Waals surface area contributed by atoms with Crippen LogP contribution in [-0.2, 0) is 6.54 Å². The molecule has 14 heavy (non-hydrogen) atoms. The van der Waals surface area contributed by atoms with Gasteiger partial charge in [-0.3, -0.25) is 4.99 Å². The number of hydrogen-bond donors (Lipinski definition) is 2. The highest BCUT2D eigenvalue weighted by molar-refractivity contribution is 6.00. The lowest BCUT2D eigenvalue weighted by Gasteiger charge is -2.08. The van der Waals surface area contributed by atoms with E-state index in [9.17, 15) is 0 Å². The third-order valence-corrected chi connectivity index (χ3v) is 2.31. The standard InChI is InChI=1S/C11H15N3/c1-12-8-9-4-2-3-5-10(9)11-13-6-7-14-11/h2-5,12H,6-8H2,1H3,(H,13,14). The number of amidine groups is 1. The predicted octanol–water partition coefficient (Wildman–Crippen LogP) is 0.756. The second-order valence-electron chi connectivity index (χ2n) is 3.34. The van der Waals surface area contributed by atoms with Crippen LogP contribution in [-0.4, -0.2) is 26.0 Å². The quantitative estimate of drug-likeness (QED) is 0.736. The Bertz CT molecular complexity index is 344. The number of nitrogens with zero attached hydrogens (tertiary/aromatic N) is 1. The molecule has 1 aromatic carbocycles. The molecule has 0 fully saturated rings. The summed E-state index contributed by atoms with van der Waals surface area (Å²) in [6.07, 6.45) is 0. The van der Waals surface area contributed by atoms with Crippen molar-refractivity contribution in [1.29, 1.82) is 0 Å². The van der Waals surface area contributed by atoms with E-state index in [1.165, 1.54) is 11.1 Å². The zero-order valence-electron chi connectivity index (χ0n) is 8.38. The summed E-state index contributed by atoms with van der Waals surface area (Å²) in [5.74, 6) is 1.04. The van der Waals surface area contributed by atoms with Crippen LogP contribution in [0.4, 0.5) is 0 Å². The zero-order chi connectivity index (χ0) is 9.80. The van der Waals surface area contributed by atoms with Crippen LogP contribution in [0.3, 0.4) is 0 Å². The number of hydrogen-bond acceptors (Lipinski definition) is 3. The van der Waals surface area contributed by atoms with Gasteiger partial charge in [-0.05, 0) is 12.6 Å². The Kier molecular flexibility index (Phi) is 2.79. The summed E-state index contributed by atoms with van der Waals surface area (Å²) < 4.78 is 0. The van der Waals surface area contributed by atoms with Crippen molar-refractivity contribution in [3.8, 4) is 0 Å². The Balaban J connectivity index is 2.31. The molecule has 1 aliphatic heterocycles. The van der Waals surface area contributed by atoms with Crippen LogP contribution < -0.4 is 10.6 Å². The second-order valence-corrected chi connectivity index (χ2v) is 3.34. The Morgan fingerprint density at radius 2 is 2.29 bits per heavy atom. The molecule has 3 heteroatoms. The largest absolute Gasteiger partial charge is 0.368 e. The van der Waals surface area contributed by atoms with Crippen LogP contribution in [0.1, 0.15) is 11.1 Å². The predicted molar refractivity (Wildman–Crippen MR) is 58.6 cm³/mol. The molecule has 74 valence electrons. The number of benzene rings is 1. The summed E-state index contributed by atoms with van der Waals surface area (Å²) >= 11 is 0. The first kappa shape index (κ1) is 9.21. The fourth-order valence-corrected chi connectivity index (χ4v) is 1.67. The van der Waals surface area contributed by atoms with Crippen LogP contribution in [0.5, 0.6) is 0 Å². The van der Waals surface area contributed by atoms with Gasteiger partial charge < -0.3 is 10.6 Å². The maximum atomic E-state index is 4.43. The summed E-state index contributed by atoms with van der Waals surface area (Å²) in [6.45, 7) is 2.74. The summed E-state index contributed by atoms with van der Waals surface area (Å²) in [5.41, 5.74) is 2.52. The monoisotopic (exact) mass is 189 g/mol. The first-order valence-electron chi connectivity index (χ1n) is 4.93. The van der Waals surface area contributed by atoms with Crippen LogP contribution >= 0.6 is 0 Å². The third-order valence-electron chi connectivity index (χ3n) is 2.31. The van der Waals surface area contributed by atoms with Crippen molar-refractivity contribution in [2.24, 2.45) is 4.99 Å². The zero-order valence-corrected chi connectivity index (χ0v) is 8.38. The molecule has 2 rings (SSSR count). The fourth-order valence-electron chi connectivity index (χ4n) is 1.67. The topological polar surface area (TPSA) is 36.4 Å². The molecule has 1 aromatic rings. The first-order valence-corrected chi connectivity index (χ1v) is 4.93. The van der Waals surface area contributed by atoms with Crippen molar-refractivity contribution < 1.29 is 0 Å². The molecule has 0 aromatic heterocycles. The van der Waals surface area contributed by atoms with Gasteiger partial charge in [0.2, 0.25) is 0 Å². The molecule has 1 heterocycles. The van der Waals surface area contributed by atoms with E-state index in [0.717, 1.165) is 25.5 Å². The van der Waals surface area contributed by atoms with Gasteiger partial charge in [0.1, 0.15) is 5.84 Å². The molecule has 0 saturated carbocycles. The number of aliphatic imine (C=N–C) groups is 1. The van der Waals surface area contributed by atoms with E-state index in [0.29, 0.717) is 0 Å². The van der Waals surface area contributed by atoms with E-state index < -0.39 is 0 Å². The smallest absolute Gasteiger partial charge is 0.128 e. The number of nitrogens with one attached hydrogen (secondary N) is 2. The van der Waals surface area contributed by atoms with Gasteiger partial charge >= 0.3 is 0 Å². The van der Waals surface area contributed by atoms with Gasteiger partial charge in [-0.2, -0.15) is 0 Å². The average molecular weight is 189 g/mol. The lowest BCUT2D eigenvalue weighted by Crippen LogP contribution is -2.22. The summed E-state index contributed by atoms with van der Waals surface area (Å²) in [5, 5.41) is 6.46. The minimum atomic E-state index is 0.886. The lowest BCUT2D eigenvalue weighted by molar-refractivity contribution is 0.815. The summed E-state index contributed by atoms with van der Waals surface area (Å²) in [6, 6.07) is 8.36. The van der Waals surface area contributed by atoms with E-state index in [4.69, 9.17) is 0 Å². The second kappa shape index (κ2) is 4.24. The van der Waals surface area contributed by atoms with Crippen LogP contribution in [0.15, 0.2) is 29.3 Å². The highest BCUT2D eigenvalue weighted by atomic mass is 15.1. The highest BCUT2D eigenvalue weighted by Crippen LogP contribution is 2.10. The Labute approximate surface area is 84.2 Å². The molecular weight excluding hydrogens is 174 g/mol. The molecule has 2 N–H and O–H groups in total. The van der Waals surface area contributed by atoms with Gasteiger partial charge in [-0.15, -0.1) is 0 Å². The van der Waals surface area contributed by atoms with Gasteiger partial charge in [0.15, 0.2) is 0 Å². The van der Waals surface area contributed by atoms with Crippen LogP contribution in [0.2, 0.25) is 0 Å². The van der Waals surface area contributed by atoms with Crippen LogP contribution in [0, 0.1) is 0 Å². The van der Waals surface area contributed by atoms with Gasteiger partial charge in [0, 0.05) is 18.7 Å². The van der Waals surface area contributed by atoms with Crippen molar-refractivity contribution >= 4 is 5.84 Å². The van der Waals surface area contributed by atoms with Crippen LogP contribution in [0.25, 0.3) is 0 Å². The van der Waals surface area contributed by atoms with E-state index in [1.54, 1.807) is 0 Å². The van der Waals surface area contributed by atoms with Crippen molar-refractivity contribution in [2.45, 2.75) is 6.54 Å². The molecule has 0 aliphatic carbocycles. The molecule has 0 unspecified atom stereocenters. The normalized spacial score (nSPS) is 15.1. The molecule has 0 amide bonds. The maximum absolute atomic E-state index is 4.43. The van der Waals surface area contributed by atoms with Crippen molar-refractivity contribution in [3.63, 3.8) is 0 Å². The lowest BCUT2D eigenvalue weighted by atomic mass is 10.1. The molecule has 0 bridgehead atoms. The summed E-state index contributed by atoms with van der Waals surface area (Å²) in [7, 11) is 1.96. The van der Waals surface area contributed by atoms with E-state index >= 15 is 0 Å². The minimum Gasteiger partial charge on any atom is -0.368 e. The highest BCUT2D eigenvalue weighted by Gasteiger charge is 2.10. The van der Waals surface area contributed by atoms with Gasteiger partial charge in [0.05, 0.1) is 6.54 Å². The van der Waals surface area contributed by atoms with Crippen molar-refractivity contribution in [1.82, 2.24) is 10.6 Å². The van der Waals surface area contributed by atoms with Gasteiger partial charge in [-0.1, -0.05) is 24.3 Å². The van der Waals surface area contributed by atoms with Crippen molar-refractivity contribution in [2.75, 3.05) is 20.1 Å². The first-order chi connectivity index (χ1) is 6.92. The Hall–Kier alpha value is -1.35. The van der Waals surface area contributed by atoms with Gasteiger partial charge in [0.25, 0.3) is 0 Å². The molecule has 0 spiro atoms. The molecular formula is C11H15N3.